The topological polar surface area (TPSA) is 42.4 Å². The molecule has 0 spiro atoms. The third-order valence-corrected chi connectivity index (χ3v) is 4.27. The van der Waals surface area contributed by atoms with Crippen LogP contribution in [0.2, 0.25) is 0 Å². The zero-order chi connectivity index (χ0) is 14.9. The first-order chi connectivity index (χ1) is 9.31. The number of anilines is 1. The molecule has 2 rings (SSSR count). The Hall–Kier alpha value is -1.31. The first-order valence-electron chi connectivity index (χ1n) is 6.26. The van der Waals surface area contributed by atoms with E-state index in [1.54, 1.807) is 6.92 Å². The number of halogens is 3. The molecule has 0 saturated carbocycles. The second-order valence-electron chi connectivity index (χ2n) is 4.62. The Morgan fingerprint density at radius 2 is 2.25 bits per heavy atom. The molecule has 1 heterocycles. The van der Waals surface area contributed by atoms with Crippen LogP contribution in [-0.4, -0.2) is 37.3 Å². The van der Waals surface area contributed by atoms with Gasteiger partial charge in [0.1, 0.15) is 12.5 Å². The second-order valence-corrected chi connectivity index (χ2v) is 5.68. The standard InChI is InChI=1S/C12H15F3N2O2S/c1-3-19-10(18)7-4-5-8-9(7)16-11(20-8)17(2)6-12(13,14)15/h7H,3-6H2,1-2H3. The number of aryl methyl sites for hydroxylation is 1. The van der Waals surface area contributed by atoms with Gasteiger partial charge in [-0.3, -0.25) is 4.79 Å². The van der Waals surface area contributed by atoms with Gasteiger partial charge in [-0.1, -0.05) is 0 Å². The average Bonchev–Trinajstić information content (AvgIpc) is 2.85. The number of alkyl halides is 3. The predicted molar refractivity (Wildman–Crippen MR) is 69.1 cm³/mol. The molecule has 112 valence electrons. The van der Waals surface area contributed by atoms with Crippen molar-refractivity contribution in [1.29, 1.82) is 0 Å². The fourth-order valence-electron chi connectivity index (χ4n) is 2.19. The maximum Gasteiger partial charge on any atom is 0.405 e. The molecule has 0 saturated heterocycles. The molecule has 1 atom stereocenters. The van der Waals surface area contributed by atoms with E-state index in [2.05, 4.69) is 4.98 Å². The lowest BCUT2D eigenvalue weighted by Gasteiger charge is -2.17. The summed E-state index contributed by atoms with van der Waals surface area (Å²) in [6.45, 7) is 0.955. The molecule has 1 unspecified atom stereocenters. The Bertz CT molecular complexity index is 501. The first-order valence-corrected chi connectivity index (χ1v) is 7.07. The normalized spacial score (nSPS) is 17.9. The minimum atomic E-state index is -4.27. The molecule has 0 amide bonds. The number of hydrogen-bond donors (Lipinski definition) is 0. The molecule has 0 N–H and O–H groups in total. The molecule has 0 aromatic carbocycles. The summed E-state index contributed by atoms with van der Waals surface area (Å²) in [5.74, 6) is -0.782. The number of rotatable bonds is 4. The van der Waals surface area contributed by atoms with Crippen molar-refractivity contribution in [2.24, 2.45) is 0 Å². The van der Waals surface area contributed by atoms with Crippen molar-refractivity contribution in [2.45, 2.75) is 31.9 Å². The van der Waals surface area contributed by atoms with Crippen LogP contribution in [0.4, 0.5) is 18.3 Å². The van der Waals surface area contributed by atoms with Crippen molar-refractivity contribution in [3.05, 3.63) is 10.6 Å². The van der Waals surface area contributed by atoms with Gasteiger partial charge in [0, 0.05) is 11.9 Å². The molecule has 8 heteroatoms. The smallest absolute Gasteiger partial charge is 0.405 e. The molecule has 0 fully saturated rings. The molecule has 0 aliphatic heterocycles. The number of thiazole rings is 1. The zero-order valence-corrected chi connectivity index (χ0v) is 12.0. The lowest BCUT2D eigenvalue weighted by atomic mass is 10.1. The lowest BCUT2D eigenvalue weighted by molar-refractivity contribution is -0.145. The minimum absolute atomic E-state index is 0.287. The van der Waals surface area contributed by atoms with Gasteiger partial charge in [-0.25, -0.2) is 4.98 Å². The molecule has 1 aromatic rings. The van der Waals surface area contributed by atoms with E-state index in [-0.39, 0.29) is 12.6 Å². The molecule has 1 aliphatic carbocycles. The molecule has 1 aliphatic rings. The van der Waals surface area contributed by atoms with E-state index in [1.807, 2.05) is 0 Å². The number of carbonyl (C=O) groups excluding carboxylic acids is 1. The van der Waals surface area contributed by atoms with Crippen molar-refractivity contribution in [3.63, 3.8) is 0 Å². The van der Waals surface area contributed by atoms with Crippen LogP contribution in [0.25, 0.3) is 0 Å². The number of ether oxygens (including phenoxy) is 1. The van der Waals surface area contributed by atoms with Gasteiger partial charge in [-0.05, 0) is 19.8 Å². The van der Waals surface area contributed by atoms with Crippen molar-refractivity contribution in [1.82, 2.24) is 4.98 Å². The van der Waals surface area contributed by atoms with Crippen LogP contribution < -0.4 is 4.90 Å². The van der Waals surface area contributed by atoms with Crippen LogP contribution in [0.3, 0.4) is 0 Å². The van der Waals surface area contributed by atoms with Gasteiger partial charge in [0.25, 0.3) is 0 Å². The van der Waals surface area contributed by atoms with E-state index >= 15 is 0 Å². The van der Waals surface area contributed by atoms with Gasteiger partial charge in [0.2, 0.25) is 0 Å². The average molecular weight is 308 g/mol. The van der Waals surface area contributed by atoms with Crippen LogP contribution >= 0.6 is 11.3 Å². The molecule has 1 aromatic heterocycles. The fourth-order valence-corrected chi connectivity index (χ4v) is 3.28. The highest BCUT2D eigenvalue weighted by molar-refractivity contribution is 7.15. The monoisotopic (exact) mass is 308 g/mol. The van der Waals surface area contributed by atoms with E-state index in [0.717, 1.165) is 9.78 Å². The number of nitrogens with zero attached hydrogens (tertiary/aromatic N) is 2. The Labute approximate surface area is 118 Å². The first kappa shape index (κ1) is 15.1. The number of carbonyl (C=O) groups is 1. The van der Waals surface area contributed by atoms with Crippen molar-refractivity contribution in [3.8, 4) is 0 Å². The summed E-state index contributed by atoms with van der Waals surface area (Å²) < 4.78 is 42.0. The number of hydrogen-bond acceptors (Lipinski definition) is 5. The molecule has 4 nitrogen and oxygen atoms in total. The Balaban J connectivity index is 2.14. The largest absolute Gasteiger partial charge is 0.465 e. The summed E-state index contributed by atoms with van der Waals surface area (Å²) in [6.07, 6.45) is -2.99. The van der Waals surface area contributed by atoms with Gasteiger partial charge in [-0.2, -0.15) is 13.2 Å². The van der Waals surface area contributed by atoms with E-state index < -0.39 is 18.6 Å². The second kappa shape index (κ2) is 5.59. The highest BCUT2D eigenvalue weighted by Gasteiger charge is 2.35. The molecule has 20 heavy (non-hydrogen) atoms. The molecule has 0 bridgehead atoms. The van der Waals surface area contributed by atoms with Crippen LogP contribution in [0, 0.1) is 0 Å². The third kappa shape index (κ3) is 3.23. The highest BCUT2D eigenvalue weighted by atomic mass is 32.1. The van der Waals surface area contributed by atoms with Crippen LogP contribution in [-0.2, 0) is 16.0 Å². The highest BCUT2D eigenvalue weighted by Crippen LogP contribution is 2.40. The summed E-state index contributed by atoms with van der Waals surface area (Å²) in [6, 6.07) is 0. The predicted octanol–water partition coefficient (Wildman–Crippen LogP) is 2.73. The van der Waals surface area contributed by atoms with Crippen molar-refractivity contribution in [2.75, 3.05) is 25.1 Å². The number of esters is 1. The van der Waals surface area contributed by atoms with E-state index in [4.69, 9.17) is 4.74 Å². The van der Waals surface area contributed by atoms with E-state index in [0.29, 0.717) is 23.7 Å². The Kier molecular flexibility index (Phi) is 4.22. The maximum absolute atomic E-state index is 12.4. The van der Waals surface area contributed by atoms with Gasteiger partial charge in [-0.15, -0.1) is 11.3 Å². The number of fused-ring (bicyclic) bond motifs is 1. The fraction of sp³-hybridized carbons (Fsp3) is 0.667. The summed E-state index contributed by atoms with van der Waals surface area (Å²) in [5.41, 5.74) is 0.581. The zero-order valence-electron chi connectivity index (χ0n) is 11.2. The molecular formula is C12H15F3N2O2S. The quantitative estimate of drug-likeness (QED) is 0.802. The minimum Gasteiger partial charge on any atom is -0.465 e. The van der Waals surface area contributed by atoms with E-state index in [1.165, 1.54) is 18.4 Å². The summed E-state index contributed by atoms with van der Waals surface area (Å²) >= 11 is 1.22. The van der Waals surface area contributed by atoms with Gasteiger partial charge in [0.05, 0.1) is 12.3 Å². The Morgan fingerprint density at radius 3 is 2.85 bits per heavy atom. The summed E-state index contributed by atoms with van der Waals surface area (Å²) in [7, 11) is 1.35. The van der Waals surface area contributed by atoms with Crippen LogP contribution in [0.1, 0.15) is 29.8 Å². The molecular weight excluding hydrogens is 293 g/mol. The molecule has 0 radical (unpaired) electrons. The summed E-state index contributed by atoms with van der Waals surface area (Å²) in [5, 5.41) is 0.293. The summed E-state index contributed by atoms with van der Waals surface area (Å²) in [4.78, 5) is 17.9. The van der Waals surface area contributed by atoms with E-state index in [9.17, 15) is 18.0 Å². The SMILES string of the molecule is CCOC(=O)C1CCc2sc(N(C)CC(F)(F)F)nc21. The lowest BCUT2D eigenvalue weighted by Crippen LogP contribution is -2.30. The van der Waals surface area contributed by atoms with Crippen LogP contribution in [0.15, 0.2) is 0 Å². The van der Waals surface area contributed by atoms with Crippen molar-refractivity contribution >= 4 is 22.4 Å². The van der Waals surface area contributed by atoms with Crippen LogP contribution in [0.5, 0.6) is 0 Å². The third-order valence-electron chi connectivity index (χ3n) is 3.02. The van der Waals surface area contributed by atoms with Crippen molar-refractivity contribution < 1.29 is 22.7 Å². The Morgan fingerprint density at radius 1 is 1.55 bits per heavy atom. The number of aromatic nitrogens is 1. The van der Waals surface area contributed by atoms with Gasteiger partial charge >= 0.3 is 12.1 Å². The van der Waals surface area contributed by atoms with Gasteiger partial charge < -0.3 is 9.64 Å². The maximum atomic E-state index is 12.4. The van der Waals surface area contributed by atoms with Gasteiger partial charge in [0.15, 0.2) is 5.13 Å².